The minimum atomic E-state index is 0.405. The lowest BCUT2D eigenvalue weighted by molar-refractivity contribution is 0.0829. The fourth-order valence-electron chi connectivity index (χ4n) is 2.54. The molecular weight excluding hydrogens is 228 g/mol. The van der Waals surface area contributed by atoms with Gasteiger partial charge in [0.25, 0.3) is 0 Å². The van der Waals surface area contributed by atoms with Gasteiger partial charge in [-0.2, -0.15) is 0 Å². The van der Waals surface area contributed by atoms with Gasteiger partial charge in [0.05, 0.1) is 17.4 Å². The van der Waals surface area contributed by atoms with Crippen molar-refractivity contribution in [2.75, 3.05) is 19.8 Å². The van der Waals surface area contributed by atoms with Crippen LogP contribution in [-0.4, -0.2) is 34.8 Å². The second kappa shape index (κ2) is 6.29. The molecule has 5 heteroatoms. The lowest BCUT2D eigenvalue weighted by atomic mass is 9.93. The first-order valence-corrected chi connectivity index (χ1v) is 6.99. The van der Waals surface area contributed by atoms with Crippen molar-refractivity contribution >= 4 is 0 Å². The van der Waals surface area contributed by atoms with Crippen molar-refractivity contribution in [3.8, 4) is 0 Å². The molecule has 0 radical (unpaired) electrons. The van der Waals surface area contributed by atoms with E-state index in [9.17, 15) is 0 Å². The molecule has 1 unspecified atom stereocenters. The third-order valence-corrected chi connectivity index (χ3v) is 3.80. The van der Waals surface area contributed by atoms with Gasteiger partial charge < -0.3 is 10.5 Å². The van der Waals surface area contributed by atoms with Crippen LogP contribution in [0.2, 0.25) is 0 Å². The summed E-state index contributed by atoms with van der Waals surface area (Å²) in [5.74, 6) is 0.532. The normalized spacial score (nSPS) is 19.1. The first kappa shape index (κ1) is 13.5. The van der Waals surface area contributed by atoms with Crippen LogP contribution in [-0.2, 0) is 11.2 Å². The molecule has 0 saturated carbocycles. The molecule has 2 N–H and O–H groups in total. The van der Waals surface area contributed by atoms with Crippen LogP contribution in [0, 0.1) is 0 Å². The standard InChI is InChI=1S/C13H24N4O/c1-3-10(2)17-13(11-5-8-18-9-6-11)12(4-7-14)15-16-17/h10-11H,3-9,14H2,1-2H3. The predicted octanol–water partition coefficient (Wildman–Crippen LogP) is 1.64. The molecule has 102 valence electrons. The van der Waals surface area contributed by atoms with Crippen LogP contribution in [0.5, 0.6) is 0 Å². The van der Waals surface area contributed by atoms with Crippen molar-refractivity contribution in [1.29, 1.82) is 0 Å². The molecule has 0 bridgehead atoms. The lowest BCUT2D eigenvalue weighted by Crippen LogP contribution is -2.21. The molecule has 1 aromatic heterocycles. The maximum atomic E-state index is 5.68. The quantitative estimate of drug-likeness (QED) is 0.865. The Bertz CT molecular complexity index is 371. The molecule has 0 aliphatic carbocycles. The smallest absolute Gasteiger partial charge is 0.0874 e. The Labute approximate surface area is 109 Å². The highest BCUT2D eigenvalue weighted by molar-refractivity contribution is 5.17. The second-order valence-corrected chi connectivity index (χ2v) is 5.05. The van der Waals surface area contributed by atoms with Crippen LogP contribution in [0.4, 0.5) is 0 Å². The summed E-state index contributed by atoms with van der Waals surface area (Å²) in [6.07, 6.45) is 4.04. The van der Waals surface area contributed by atoms with Crippen LogP contribution in [0.15, 0.2) is 0 Å². The summed E-state index contributed by atoms with van der Waals surface area (Å²) in [6.45, 7) is 6.71. The molecule has 0 spiro atoms. The van der Waals surface area contributed by atoms with Crippen molar-refractivity contribution in [2.24, 2.45) is 5.73 Å². The Hall–Kier alpha value is -0.940. The van der Waals surface area contributed by atoms with Gasteiger partial charge in [-0.1, -0.05) is 12.1 Å². The van der Waals surface area contributed by atoms with Crippen LogP contribution < -0.4 is 5.73 Å². The zero-order valence-electron chi connectivity index (χ0n) is 11.4. The average Bonchev–Trinajstić information content (AvgIpc) is 2.83. The fraction of sp³-hybridized carbons (Fsp3) is 0.846. The minimum absolute atomic E-state index is 0.405. The van der Waals surface area contributed by atoms with Gasteiger partial charge in [0.1, 0.15) is 0 Å². The predicted molar refractivity (Wildman–Crippen MR) is 70.6 cm³/mol. The molecule has 1 aliphatic heterocycles. The molecule has 1 aromatic rings. The number of hydrogen-bond acceptors (Lipinski definition) is 4. The van der Waals surface area contributed by atoms with E-state index < -0.39 is 0 Å². The summed E-state index contributed by atoms with van der Waals surface area (Å²) in [5, 5.41) is 8.69. The Morgan fingerprint density at radius 3 is 2.78 bits per heavy atom. The highest BCUT2D eigenvalue weighted by Gasteiger charge is 2.25. The van der Waals surface area contributed by atoms with E-state index in [1.54, 1.807) is 0 Å². The number of hydrogen-bond donors (Lipinski definition) is 1. The zero-order chi connectivity index (χ0) is 13.0. The summed E-state index contributed by atoms with van der Waals surface area (Å²) in [4.78, 5) is 0. The third-order valence-electron chi connectivity index (χ3n) is 3.80. The Balaban J connectivity index is 2.29. The summed E-state index contributed by atoms with van der Waals surface area (Å²) < 4.78 is 7.56. The highest BCUT2D eigenvalue weighted by atomic mass is 16.5. The van der Waals surface area contributed by atoms with Gasteiger partial charge in [-0.25, -0.2) is 4.68 Å². The number of nitrogens with zero attached hydrogens (tertiary/aromatic N) is 3. The molecule has 1 atom stereocenters. The Morgan fingerprint density at radius 1 is 1.44 bits per heavy atom. The van der Waals surface area contributed by atoms with E-state index in [0.29, 0.717) is 18.5 Å². The van der Waals surface area contributed by atoms with Crippen LogP contribution >= 0.6 is 0 Å². The molecule has 2 heterocycles. The SMILES string of the molecule is CCC(C)n1nnc(CCN)c1C1CCOCC1. The molecule has 1 aliphatic rings. The molecule has 0 aromatic carbocycles. The highest BCUT2D eigenvalue weighted by Crippen LogP contribution is 2.30. The Kier molecular flexibility index (Phi) is 4.72. The molecule has 0 amide bonds. The van der Waals surface area contributed by atoms with Gasteiger partial charge in [0, 0.05) is 25.6 Å². The van der Waals surface area contributed by atoms with Gasteiger partial charge in [-0.15, -0.1) is 5.10 Å². The molecule has 2 rings (SSSR count). The zero-order valence-corrected chi connectivity index (χ0v) is 11.4. The topological polar surface area (TPSA) is 66.0 Å². The maximum absolute atomic E-state index is 5.68. The van der Waals surface area contributed by atoms with E-state index in [2.05, 4.69) is 28.8 Å². The third kappa shape index (κ3) is 2.72. The van der Waals surface area contributed by atoms with E-state index >= 15 is 0 Å². The largest absolute Gasteiger partial charge is 0.381 e. The number of ether oxygens (including phenoxy) is 1. The van der Waals surface area contributed by atoms with E-state index in [4.69, 9.17) is 10.5 Å². The number of rotatable bonds is 5. The van der Waals surface area contributed by atoms with Gasteiger partial charge in [0.15, 0.2) is 0 Å². The van der Waals surface area contributed by atoms with Crippen molar-refractivity contribution in [1.82, 2.24) is 15.0 Å². The van der Waals surface area contributed by atoms with Crippen LogP contribution in [0.1, 0.15) is 56.5 Å². The van der Waals surface area contributed by atoms with Gasteiger partial charge >= 0.3 is 0 Å². The van der Waals surface area contributed by atoms with Crippen molar-refractivity contribution < 1.29 is 4.74 Å². The summed E-state index contributed by atoms with van der Waals surface area (Å²) in [7, 11) is 0. The van der Waals surface area contributed by atoms with Crippen LogP contribution in [0.3, 0.4) is 0 Å². The molecule has 1 saturated heterocycles. The van der Waals surface area contributed by atoms with Crippen molar-refractivity contribution in [3.05, 3.63) is 11.4 Å². The second-order valence-electron chi connectivity index (χ2n) is 5.05. The van der Waals surface area contributed by atoms with E-state index in [1.165, 1.54) is 5.69 Å². The van der Waals surface area contributed by atoms with E-state index in [-0.39, 0.29) is 0 Å². The molecular formula is C13H24N4O. The van der Waals surface area contributed by atoms with E-state index in [1.807, 2.05) is 0 Å². The fourth-order valence-corrected chi connectivity index (χ4v) is 2.54. The summed E-state index contributed by atoms with van der Waals surface area (Å²) in [6, 6.07) is 0.405. The summed E-state index contributed by atoms with van der Waals surface area (Å²) in [5.41, 5.74) is 8.07. The van der Waals surface area contributed by atoms with Crippen molar-refractivity contribution in [2.45, 2.75) is 51.5 Å². The van der Waals surface area contributed by atoms with Gasteiger partial charge in [-0.05, 0) is 32.7 Å². The van der Waals surface area contributed by atoms with Crippen molar-refractivity contribution in [3.63, 3.8) is 0 Å². The monoisotopic (exact) mass is 252 g/mol. The maximum Gasteiger partial charge on any atom is 0.0874 e. The summed E-state index contributed by atoms with van der Waals surface area (Å²) >= 11 is 0. The minimum Gasteiger partial charge on any atom is -0.381 e. The van der Waals surface area contributed by atoms with Gasteiger partial charge in [0.2, 0.25) is 0 Å². The average molecular weight is 252 g/mol. The van der Waals surface area contributed by atoms with E-state index in [0.717, 1.165) is 44.6 Å². The van der Waals surface area contributed by atoms with Gasteiger partial charge in [-0.3, -0.25) is 0 Å². The first-order chi connectivity index (χ1) is 8.77. The molecule has 18 heavy (non-hydrogen) atoms. The Morgan fingerprint density at radius 2 is 2.17 bits per heavy atom. The number of nitrogens with two attached hydrogens (primary N) is 1. The molecule has 5 nitrogen and oxygen atoms in total. The lowest BCUT2D eigenvalue weighted by Gasteiger charge is -2.25. The van der Waals surface area contributed by atoms with Crippen LogP contribution in [0.25, 0.3) is 0 Å². The first-order valence-electron chi connectivity index (χ1n) is 6.99. The number of aromatic nitrogens is 3. The molecule has 1 fully saturated rings.